The molecule has 0 unspecified atom stereocenters. The van der Waals surface area contributed by atoms with Crippen LogP contribution < -0.4 is 19.7 Å². The second-order valence-electron chi connectivity index (χ2n) is 5.76. The molecule has 0 fully saturated rings. The van der Waals surface area contributed by atoms with Gasteiger partial charge in [-0.1, -0.05) is 12.1 Å². The van der Waals surface area contributed by atoms with Crippen molar-refractivity contribution in [2.45, 2.75) is 6.42 Å². The third-order valence-corrected chi connectivity index (χ3v) is 3.41. The monoisotopic (exact) mass is 324 g/mol. The molecular formula is C18H32N2O3+2. The Morgan fingerprint density at radius 3 is 2.65 bits per heavy atom. The van der Waals surface area contributed by atoms with Crippen molar-refractivity contribution < 1.29 is 24.4 Å². The number of quaternary nitrogens is 2. The molecule has 0 aromatic heterocycles. The molecule has 0 spiro atoms. The van der Waals surface area contributed by atoms with Gasteiger partial charge in [-0.15, -0.1) is 6.58 Å². The van der Waals surface area contributed by atoms with Gasteiger partial charge in [0.1, 0.15) is 19.7 Å². The van der Waals surface area contributed by atoms with Crippen LogP contribution in [0.4, 0.5) is 0 Å². The lowest BCUT2D eigenvalue weighted by atomic mass is 10.1. The van der Waals surface area contributed by atoms with Crippen LogP contribution in [0.2, 0.25) is 0 Å². The van der Waals surface area contributed by atoms with Crippen LogP contribution in [0.25, 0.3) is 0 Å². The first-order chi connectivity index (χ1) is 11.2. The number of nitrogens with two attached hydrogens (primary N) is 1. The van der Waals surface area contributed by atoms with Gasteiger partial charge in [0.25, 0.3) is 0 Å². The molecular weight excluding hydrogens is 292 g/mol. The average Bonchev–Trinajstić information content (AvgIpc) is 2.54. The van der Waals surface area contributed by atoms with Crippen LogP contribution in [-0.4, -0.2) is 60.7 Å². The molecule has 5 heteroatoms. The lowest BCUT2D eigenvalue weighted by molar-refractivity contribution is -0.874. The smallest absolute Gasteiger partial charge is 0.161 e. The summed E-state index contributed by atoms with van der Waals surface area (Å²) in [5.74, 6) is 1.51. The topological polar surface area (TPSA) is 48.7 Å². The summed E-state index contributed by atoms with van der Waals surface area (Å²) in [6.07, 6.45) is 2.70. The van der Waals surface area contributed by atoms with Gasteiger partial charge >= 0.3 is 0 Å². The van der Waals surface area contributed by atoms with Crippen LogP contribution in [0, 0.1) is 0 Å². The number of benzene rings is 1. The van der Waals surface area contributed by atoms with Crippen LogP contribution >= 0.6 is 0 Å². The first-order valence-electron chi connectivity index (χ1n) is 8.26. The number of allylic oxidation sites excluding steroid dienone is 1. The van der Waals surface area contributed by atoms with Gasteiger partial charge in [-0.05, 0) is 24.1 Å². The van der Waals surface area contributed by atoms with Crippen LogP contribution in [0.3, 0.4) is 0 Å². The first-order valence-corrected chi connectivity index (χ1v) is 8.26. The highest BCUT2D eigenvalue weighted by Crippen LogP contribution is 2.28. The predicted octanol–water partition coefficient (Wildman–Crippen LogP) is -0.473. The fourth-order valence-corrected chi connectivity index (χ4v) is 2.14. The Labute approximate surface area is 140 Å². The molecule has 1 aromatic rings. The van der Waals surface area contributed by atoms with Crippen LogP contribution in [-0.2, 0) is 11.2 Å². The Hall–Kier alpha value is -1.56. The van der Waals surface area contributed by atoms with Gasteiger partial charge < -0.3 is 24.4 Å². The van der Waals surface area contributed by atoms with Crippen molar-refractivity contribution in [1.29, 1.82) is 0 Å². The van der Waals surface area contributed by atoms with E-state index in [-0.39, 0.29) is 0 Å². The highest BCUT2D eigenvalue weighted by Gasteiger charge is 2.05. The SMILES string of the molecule is C=CCc1ccc(OCCOCC[NH2+]CC[NH+](C)C)c(OC)c1. The van der Waals surface area contributed by atoms with E-state index in [4.69, 9.17) is 14.2 Å². The molecule has 0 heterocycles. The summed E-state index contributed by atoms with van der Waals surface area (Å²) in [7, 11) is 5.99. The van der Waals surface area contributed by atoms with Gasteiger partial charge in [-0.2, -0.15) is 0 Å². The summed E-state index contributed by atoms with van der Waals surface area (Å²) in [6.45, 7) is 8.91. The van der Waals surface area contributed by atoms with Crippen molar-refractivity contribution >= 4 is 0 Å². The van der Waals surface area contributed by atoms with E-state index in [1.54, 1.807) is 7.11 Å². The molecule has 130 valence electrons. The summed E-state index contributed by atoms with van der Waals surface area (Å²) in [5, 5.41) is 2.29. The maximum atomic E-state index is 5.73. The van der Waals surface area contributed by atoms with Crippen molar-refractivity contribution in [3.05, 3.63) is 36.4 Å². The van der Waals surface area contributed by atoms with E-state index in [2.05, 4.69) is 26.0 Å². The number of hydrogen-bond acceptors (Lipinski definition) is 3. The van der Waals surface area contributed by atoms with Gasteiger partial charge in [-0.3, -0.25) is 0 Å². The van der Waals surface area contributed by atoms with Gasteiger partial charge in [0.2, 0.25) is 0 Å². The van der Waals surface area contributed by atoms with E-state index < -0.39 is 0 Å². The third kappa shape index (κ3) is 8.59. The molecule has 0 atom stereocenters. The Morgan fingerprint density at radius 1 is 1.13 bits per heavy atom. The molecule has 0 bridgehead atoms. The summed E-state index contributed by atoms with van der Waals surface area (Å²) >= 11 is 0. The predicted molar refractivity (Wildman–Crippen MR) is 92.5 cm³/mol. The van der Waals surface area contributed by atoms with Crippen molar-refractivity contribution in [2.24, 2.45) is 0 Å². The number of nitrogens with one attached hydrogen (secondary N) is 1. The lowest BCUT2D eigenvalue weighted by Gasteiger charge is -2.12. The second kappa shape index (κ2) is 11.9. The lowest BCUT2D eigenvalue weighted by Crippen LogP contribution is -3.09. The standard InChI is InChI=1S/C18H30N2O3/c1-5-6-16-7-8-17(18(15-16)21-4)23-14-13-22-12-10-19-9-11-20(2)3/h5,7-8,15,19H,1,6,9-14H2,2-4H3/p+2. The highest BCUT2D eigenvalue weighted by atomic mass is 16.5. The Morgan fingerprint density at radius 2 is 1.96 bits per heavy atom. The van der Waals surface area contributed by atoms with Gasteiger partial charge in [0, 0.05) is 0 Å². The summed E-state index contributed by atoms with van der Waals surface area (Å²) in [4.78, 5) is 1.48. The van der Waals surface area contributed by atoms with Gasteiger partial charge in [-0.25, -0.2) is 0 Å². The second-order valence-corrected chi connectivity index (χ2v) is 5.76. The van der Waals surface area contributed by atoms with E-state index in [0.717, 1.165) is 43.2 Å². The molecule has 0 amide bonds. The Balaban J connectivity index is 2.17. The first kappa shape index (κ1) is 19.5. The minimum absolute atomic E-state index is 0.527. The quantitative estimate of drug-likeness (QED) is 0.381. The molecule has 23 heavy (non-hydrogen) atoms. The molecule has 0 aliphatic carbocycles. The number of methoxy groups -OCH3 is 1. The van der Waals surface area contributed by atoms with E-state index >= 15 is 0 Å². The molecule has 3 N–H and O–H groups in total. The van der Waals surface area contributed by atoms with E-state index in [1.165, 1.54) is 11.4 Å². The summed E-state index contributed by atoms with van der Waals surface area (Å²) < 4.78 is 16.7. The molecule has 1 aromatic carbocycles. The van der Waals surface area contributed by atoms with Gasteiger partial charge in [0.15, 0.2) is 11.5 Å². The zero-order chi connectivity index (χ0) is 16.9. The summed E-state index contributed by atoms with van der Waals surface area (Å²) in [5.41, 5.74) is 1.16. The van der Waals surface area contributed by atoms with E-state index in [9.17, 15) is 0 Å². The van der Waals surface area contributed by atoms with E-state index in [0.29, 0.717) is 13.2 Å². The van der Waals surface area contributed by atoms with Crippen molar-refractivity contribution in [2.75, 3.05) is 60.7 Å². The molecule has 5 nitrogen and oxygen atoms in total. The van der Waals surface area contributed by atoms with E-state index in [1.807, 2.05) is 24.3 Å². The molecule has 0 saturated heterocycles. The van der Waals surface area contributed by atoms with Crippen molar-refractivity contribution in [1.82, 2.24) is 0 Å². The van der Waals surface area contributed by atoms with Crippen LogP contribution in [0.1, 0.15) is 5.56 Å². The highest BCUT2D eigenvalue weighted by molar-refractivity contribution is 5.43. The number of rotatable bonds is 13. The number of likely N-dealkylation sites (N-methyl/N-ethyl adjacent to an activating group) is 1. The Kier molecular flexibility index (Phi) is 10.1. The minimum Gasteiger partial charge on any atom is -0.493 e. The normalized spacial score (nSPS) is 10.8. The van der Waals surface area contributed by atoms with Crippen molar-refractivity contribution in [3.63, 3.8) is 0 Å². The number of hydrogen-bond donors (Lipinski definition) is 2. The van der Waals surface area contributed by atoms with Crippen LogP contribution in [0.5, 0.6) is 11.5 Å². The molecule has 0 aliphatic rings. The van der Waals surface area contributed by atoms with Gasteiger partial charge in [0.05, 0.1) is 41.0 Å². The molecule has 0 aliphatic heterocycles. The molecule has 0 radical (unpaired) electrons. The molecule has 1 rings (SSSR count). The average molecular weight is 324 g/mol. The Bertz CT molecular complexity index is 450. The third-order valence-electron chi connectivity index (χ3n) is 3.41. The maximum Gasteiger partial charge on any atom is 0.161 e. The fourth-order valence-electron chi connectivity index (χ4n) is 2.14. The van der Waals surface area contributed by atoms with Crippen LogP contribution in [0.15, 0.2) is 30.9 Å². The van der Waals surface area contributed by atoms with Crippen molar-refractivity contribution in [3.8, 4) is 11.5 Å². The zero-order valence-corrected chi connectivity index (χ0v) is 14.8. The minimum atomic E-state index is 0.527. The fraction of sp³-hybridized carbons (Fsp3) is 0.556. The zero-order valence-electron chi connectivity index (χ0n) is 14.8. The number of ether oxygens (including phenoxy) is 3. The maximum absolute atomic E-state index is 5.73. The summed E-state index contributed by atoms with van der Waals surface area (Å²) in [6, 6.07) is 5.96. The molecule has 0 saturated carbocycles. The largest absolute Gasteiger partial charge is 0.493 e.